The maximum Gasteiger partial charge on any atom is 0.393 e. The van der Waals surface area contributed by atoms with Crippen molar-refractivity contribution in [3.63, 3.8) is 0 Å². The second kappa shape index (κ2) is 6.80. The van der Waals surface area contributed by atoms with Crippen molar-refractivity contribution < 1.29 is 27.9 Å². The first-order chi connectivity index (χ1) is 11.1. The lowest BCUT2D eigenvalue weighted by Gasteiger charge is -2.18. The molecule has 0 aliphatic carbocycles. The molecule has 1 aromatic rings. The fourth-order valence-electron chi connectivity index (χ4n) is 2.99. The van der Waals surface area contributed by atoms with Gasteiger partial charge in [0, 0.05) is 18.8 Å². The van der Waals surface area contributed by atoms with Crippen molar-refractivity contribution in [3.05, 3.63) is 29.3 Å². The fraction of sp³-hybridized carbons (Fsp3) is 0.500. The van der Waals surface area contributed by atoms with E-state index in [4.69, 9.17) is 5.11 Å². The molecule has 0 saturated carbocycles. The van der Waals surface area contributed by atoms with Crippen LogP contribution < -0.4 is 5.32 Å². The Morgan fingerprint density at radius 1 is 1.25 bits per heavy atom. The van der Waals surface area contributed by atoms with E-state index >= 15 is 0 Å². The molecule has 1 saturated heterocycles. The van der Waals surface area contributed by atoms with E-state index in [2.05, 4.69) is 5.32 Å². The highest BCUT2D eigenvalue weighted by molar-refractivity contribution is 5.93. The molecule has 1 heterocycles. The monoisotopic (exact) mass is 344 g/mol. The molecule has 1 aliphatic rings. The highest BCUT2D eigenvalue weighted by Gasteiger charge is 2.52. The normalized spacial score (nSPS) is 21.7. The third kappa shape index (κ3) is 4.05. The van der Waals surface area contributed by atoms with Crippen LogP contribution in [-0.4, -0.2) is 47.7 Å². The summed E-state index contributed by atoms with van der Waals surface area (Å²) in [6.45, 7) is 2.58. The SMILES string of the molecule is Cc1cccc(C)c1NC(=O)CN1C[C@@H](C(F)(F)F)[C@H](C(=O)O)C1. The van der Waals surface area contributed by atoms with Crippen molar-refractivity contribution in [2.24, 2.45) is 11.8 Å². The average Bonchev–Trinajstić information content (AvgIpc) is 2.87. The molecule has 1 aromatic carbocycles. The summed E-state index contributed by atoms with van der Waals surface area (Å²) in [4.78, 5) is 24.4. The Hall–Kier alpha value is -2.09. The van der Waals surface area contributed by atoms with Gasteiger partial charge < -0.3 is 10.4 Å². The number of aryl methyl sites for hydroxylation is 2. The number of nitrogens with one attached hydrogen (secondary N) is 1. The van der Waals surface area contributed by atoms with Gasteiger partial charge >= 0.3 is 12.1 Å². The van der Waals surface area contributed by atoms with Crippen LogP contribution in [0.1, 0.15) is 11.1 Å². The number of carbonyl (C=O) groups excluding carboxylic acids is 1. The van der Waals surface area contributed by atoms with Gasteiger partial charge in [-0.1, -0.05) is 18.2 Å². The summed E-state index contributed by atoms with van der Waals surface area (Å²) in [6.07, 6.45) is -4.60. The van der Waals surface area contributed by atoms with Crippen LogP contribution in [0.15, 0.2) is 18.2 Å². The first kappa shape index (κ1) is 18.3. The summed E-state index contributed by atoms with van der Waals surface area (Å²) < 4.78 is 38.8. The van der Waals surface area contributed by atoms with E-state index in [1.807, 2.05) is 32.0 Å². The molecule has 5 nitrogen and oxygen atoms in total. The molecule has 0 radical (unpaired) electrons. The van der Waals surface area contributed by atoms with E-state index in [0.29, 0.717) is 5.69 Å². The van der Waals surface area contributed by atoms with Crippen molar-refractivity contribution in [2.45, 2.75) is 20.0 Å². The summed E-state index contributed by atoms with van der Waals surface area (Å²) in [5.41, 5.74) is 2.33. The van der Waals surface area contributed by atoms with Crippen LogP contribution >= 0.6 is 0 Å². The molecule has 0 aromatic heterocycles. The summed E-state index contributed by atoms with van der Waals surface area (Å²) in [7, 11) is 0. The molecule has 1 amide bonds. The van der Waals surface area contributed by atoms with E-state index in [0.717, 1.165) is 11.1 Å². The minimum Gasteiger partial charge on any atom is -0.481 e. The number of hydrogen-bond acceptors (Lipinski definition) is 3. The number of para-hydroxylation sites is 1. The van der Waals surface area contributed by atoms with Crippen LogP contribution in [0, 0.1) is 25.7 Å². The minimum absolute atomic E-state index is 0.274. The predicted molar refractivity (Wildman–Crippen MR) is 81.7 cm³/mol. The van der Waals surface area contributed by atoms with Crippen LogP contribution in [0.25, 0.3) is 0 Å². The Morgan fingerprint density at radius 3 is 2.29 bits per heavy atom. The molecule has 1 aliphatic heterocycles. The Kier molecular flexibility index (Phi) is 5.17. The second-order valence-corrected chi connectivity index (χ2v) is 6.10. The zero-order valence-electron chi connectivity index (χ0n) is 13.4. The first-order valence-corrected chi connectivity index (χ1v) is 7.47. The molecule has 1 fully saturated rings. The topological polar surface area (TPSA) is 69.6 Å². The lowest BCUT2D eigenvalue weighted by Crippen LogP contribution is -2.34. The third-order valence-corrected chi connectivity index (χ3v) is 4.25. The Bertz CT molecular complexity index is 626. The zero-order valence-corrected chi connectivity index (χ0v) is 13.4. The zero-order chi connectivity index (χ0) is 18.1. The predicted octanol–water partition coefficient (Wildman–Crippen LogP) is 2.44. The molecule has 2 rings (SSSR count). The van der Waals surface area contributed by atoms with E-state index in [1.165, 1.54) is 4.90 Å². The number of aliphatic carboxylic acids is 1. The molecule has 24 heavy (non-hydrogen) atoms. The minimum atomic E-state index is -4.60. The third-order valence-electron chi connectivity index (χ3n) is 4.25. The lowest BCUT2D eigenvalue weighted by atomic mass is 9.96. The number of amides is 1. The summed E-state index contributed by atoms with van der Waals surface area (Å²) in [5.74, 6) is -5.45. The van der Waals surface area contributed by atoms with Crippen molar-refractivity contribution in [2.75, 3.05) is 25.0 Å². The number of hydrogen-bond donors (Lipinski definition) is 2. The molecule has 2 atom stereocenters. The Labute approximate surface area is 137 Å². The summed E-state index contributed by atoms with van der Waals surface area (Å²) >= 11 is 0. The lowest BCUT2D eigenvalue weighted by molar-refractivity contribution is -0.188. The molecular formula is C16H19F3N2O3. The summed E-state index contributed by atoms with van der Waals surface area (Å²) in [6, 6.07) is 5.48. The maximum absolute atomic E-state index is 12.9. The van der Waals surface area contributed by atoms with Gasteiger partial charge in [-0.15, -0.1) is 0 Å². The van der Waals surface area contributed by atoms with E-state index in [1.54, 1.807) is 0 Å². The van der Waals surface area contributed by atoms with Gasteiger partial charge in [0.15, 0.2) is 0 Å². The van der Waals surface area contributed by atoms with Gasteiger partial charge in [-0.25, -0.2) is 0 Å². The van der Waals surface area contributed by atoms with Gasteiger partial charge in [-0.2, -0.15) is 13.2 Å². The number of rotatable bonds is 4. The molecular weight excluding hydrogens is 325 g/mol. The largest absolute Gasteiger partial charge is 0.481 e. The quantitative estimate of drug-likeness (QED) is 0.880. The number of benzene rings is 1. The Morgan fingerprint density at radius 2 is 1.83 bits per heavy atom. The van der Waals surface area contributed by atoms with Crippen LogP contribution in [0.4, 0.5) is 18.9 Å². The van der Waals surface area contributed by atoms with E-state index in [-0.39, 0.29) is 13.1 Å². The molecule has 0 bridgehead atoms. The van der Waals surface area contributed by atoms with Gasteiger partial charge in [0.1, 0.15) is 0 Å². The average molecular weight is 344 g/mol. The van der Waals surface area contributed by atoms with Crippen molar-refractivity contribution in [1.29, 1.82) is 0 Å². The van der Waals surface area contributed by atoms with Crippen molar-refractivity contribution >= 4 is 17.6 Å². The molecule has 132 valence electrons. The maximum atomic E-state index is 12.9. The summed E-state index contributed by atoms with van der Waals surface area (Å²) in [5, 5.41) is 11.7. The number of halogens is 3. The standard InChI is InChI=1S/C16H19F3N2O3/c1-9-4-3-5-10(2)14(9)20-13(22)8-21-6-11(15(23)24)12(7-21)16(17,18)19/h3-5,11-12H,6-8H2,1-2H3,(H,20,22)(H,23,24)/t11-,12-/m1/s1. The second-order valence-electron chi connectivity index (χ2n) is 6.10. The number of carbonyl (C=O) groups is 2. The van der Waals surface area contributed by atoms with Gasteiger partial charge in [0.2, 0.25) is 5.91 Å². The smallest absolute Gasteiger partial charge is 0.393 e. The van der Waals surface area contributed by atoms with Gasteiger partial charge in [-0.05, 0) is 25.0 Å². The molecule has 0 unspecified atom stereocenters. The number of nitrogens with zero attached hydrogens (tertiary/aromatic N) is 1. The van der Waals surface area contributed by atoms with Crippen LogP contribution in [0.5, 0.6) is 0 Å². The molecule has 8 heteroatoms. The van der Waals surface area contributed by atoms with E-state index in [9.17, 15) is 22.8 Å². The van der Waals surface area contributed by atoms with E-state index < -0.39 is 36.4 Å². The highest BCUT2D eigenvalue weighted by Crippen LogP contribution is 2.37. The number of likely N-dealkylation sites (tertiary alicyclic amines) is 1. The number of alkyl halides is 3. The van der Waals surface area contributed by atoms with Gasteiger partial charge in [0.25, 0.3) is 0 Å². The molecule has 2 N–H and O–H groups in total. The Balaban J connectivity index is 2.04. The number of carboxylic acids is 1. The van der Waals surface area contributed by atoms with Gasteiger partial charge in [0.05, 0.1) is 18.4 Å². The first-order valence-electron chi connectivity index (χ1n) is 7.47. The fourth-order valence-corrected chi connectivity index (χ4v) is 2.99. The van der Waals surface area contributed by atoms with Gasteiger partial charge in [-0.3, -0.25) is 14.5 Å². The highest BCUT2D eigenvalue weighted by atomic mass is 19.4. The van der Waals surface area contributed by atoms with Crippen molar-refractivity contribution in [1.82, 2.24) is 4.90 Å². The van der Waals surface area contributed by atoms with Crippen LogP contribution in [0.2, 0.25) is 0 Å². The van der Waals surface area contributed by atoms with Crippen LogP contribution in [-0.2, 0) is 9.59 Å². The van der Waals surface area contributed by atoms with Crippen molar-refractivity contribution in [3.8, 4) is 0 Å². The number of carboxylic acid groups (broad SMARTS) is 1. The molecule has 0 spiro atoms. The van der Waals surface area contributed by atoms with Crippen LogP contribution in [0.3, 0.4) is 0 Å². The number of anilines is 1.